The SMILES string of the molecule is CC(N)C(C)Cc1nccn1C. The van der Waals surface area contributed by atoms with Crippen LogP contribution in [-0.4, -0.2) is 15.6 Å². The highest BCUT2D eigenvalue weighted by Gasteiger charge is 2.10. The molecule has 0 saturated carbocycles. The summed E-state index contributed by atoms with van der Waals surface area (Å²) in [6, 6.07) is 0.238. The second kappa shape index (κ2) is 3.72. The molecule has 3 heteroatoms. The van der Waals surface area contributed by atoms with E-state index in [9.17, 15) is 0 Å². The maximum atomic E-state index is 5.77. The van der Waals surface area contributed by atoms with E-state index < -0.39 is 0 Å². The number of hydrogen-bond donors (Lipinski definition) is 1. The zero-order valence-corrected chi connectivity index (χ0v) is 7.99. The predicted octanol–water partition coefficient (Wildman–Crippen LogP) is 0.946. The summed E-state index contributed by atoms with van der Waals surface area (Å²) in [4.78, 5) is 4.25. The number of aromatic nitrogens is 2. The summed E-state index contributed by atoms with van der Waals surface area (Å²) < 4.78 is 2.04. The first-order valence-electron chi connectivity index (χ1n) is 4.33. The van der Waals surface area contributed by atoms with E-state index >= 15 is 0 Å². The Bertz CT molecular complexity index is 240. The normalized spacial score (nSPS) is 16.0. The van der Waals surface area contributed by atoms with E-state index in [1.807, 2.05) is 30.9 Å². The highest BCUT2D eigenvalue weighted by Crippen LogP contribution is 2.07. The molecular formula is C9H17N3. The summed E-state index contributed by atoms with van der Waals surface area (Å²) in [6.45, 7) is 4.19. The minimum absolute atomic E-state index is 0.238. The monoisotopic (exact) mass is 167 g/mol. The Labute approximate surface area is 73.6 Å². The summed E-state index contributed by atoms with van der Waals surface area (Å²) in [6.07, 6.45) is 4.74. The average Bonchev–Trinajstić information content (AvgIpc) is 2.36. The molecule has 1 aromatic rings. The van der Waals surface area contributed by atoms with Gasteiger partial charge in [-0.05, 0) is 12.8 Å². The van der Waals surface area contributed by atoms with Crippen LogP contribution in [0, 0.1) is 5.92 Å². The number of rotatable bonds is 3. The van der Waals surface area contributed by atoms with Crippen molar-refractivity contribution in [1.82, 2.24) is 9.55 Å². The third kappa shape index (κ3) is 2.08. The van der Waals surface area contributed by atoms with Crippen LogP contribution in [0.25, 0.3) is 0 Å². The minimum atomic E-state index is 0.238. The molecule has 2 unspecified atom stereocenters. The highest BCUT2D eigenvalue weighted by atomic mass is 15.0. The first-order chi connectivity index (χ1) is 5.61. The third-order valence-corrected chi connectivity index (χ3v) is 2.32. The third-order valence-electron chi connectivity index (χ3n) is 2.32. The van der Waals surface area contributed by atoms with Gasteiger partial charge in [-0.2, -0.15) is 0 Å². The number of nitrogens with zero attached hydrogens (tertiary/aromatic N) is 2. The van der Waals surface area contributed by atoms with Gasteiger partial charge in [0, 0.05) is 31.9 Å². The van der Waals surface area contributed by atoms with Crippen LogP contribution in [-0.2, 0) is 13.5 Å². The van der Waals surface area contributed by atoms with Crippen molar-refractivity contribution < 1.29 is 0 Å². The van der Waals surface area contributed by atoms with Crippen LogP contribution in [0.4, 0.5) is 0 Å². The van der Waals surface area contributed by atoms with Crippen molar-refractivity contribution in [1.29, 1.82) is 0 Å². The van der Waals surface area contributed by atoms with Crippen LogP contribution < -0.4 is 5.73 Å². The van der Waals surface area contributed by atoms with Crippen molar-refractivity contribution in [3.8, 4) is 0 Å². The Morgan fingerprint density at radius 2 is 2.25 bits per heavy atom. The fourth-order valence-corrected chi connectivity index (χ4v) is 1.07. The largest absolute Gasteiger partial charge is 0.338 e. The van der Waals surface area contributed by atoms with Gasteiger partial charge in [-0.3, -0.25) is 0 Å². The minimum Gasteiger partial charge on any atom is -0.338 e. The van der Waals surface area contributed by atoms with E-state index in [0.29, 0.717) is 5.92 Å². The lowest BCUT2D eigenvalue weighted by molar-refractivity contribution is 0.465. The molecule has 3 nitrogen and oxygen atoms in total. The summed E-state index contributed by atoms with van der Waals surface area (Å²) in [5, 5.41) is 0. The Hall–Kier alpha value is -0.830. The van der Waals surface area contributed by atoms with Crippen molar-refractivity contribution in [3.05, 3.63) is 18.2 Å². The van der Waals surface area contributed by atoms with Gasteiger partial charge in [-0.15, -0.1) is 0 Å². The number of nitrogens with two attached hydrogens (primary N) is 1. The Balaban J connectivity index is 2.58. The Kier molecular flexibility index (Phi) is 2.87. The topological polar surface area (TPSA) is 43.8 Å². The molecule has 0 saturated heterocycles. The second-order valence-corrected chi connectivity index (χ2v) is 3.49. The Morgan fingerprint density at radius 1 is 1.58 bits per heavy atom. The average molecular weight is 167 g/mol. The van der Waals surface area contributed by atoms with Gasteiger partial charge in [0.1, 0.15) is 5.82 Å². The Morgan fingerprint density at radius 3 is 2.67 bits per heavy atom. The van der Waals surface area contributed by atoms with Crippen LogP contribution in [0.15, 0.2) is 12.4 Å². The molecule has 0 spiro atoms. The van der Waals surface area contributed by atoms with Gasteiger partial charge in [0.05, 0.1) is 0 Å². The van der Waals surface area contributed by atoms with E-state index in [-0.39, 0.29) is 6.04 Å². The molecule has 0 aliphatic heterocycles. The van der Waals surface area contributed by atoms with Gasteiger partial charge in [-0.25, -0.2) is 4.98 Å². The van der Waals surface area contributed by atoms with E-state index in [1.165, 1.54) is 0 Å². The summed E-state index contributed by atoms with van der Waals surface area (Å²) in [5.74, 6) is 1.60. The van der Waals surface area contributed by atoms with Gasteiger partial charge < -0.3 is 10.3 Å². The van der Waals surface area contributed by atoms with E-state index in [2.05, 4.69) is 11.9 Å². The molecule has 2 atom stereocenters. The molecule has 0 fully saturated rings. The first-order valence-corrected chi connectivity index (χ1v) is 4.33. The molecule has 68 valence electrons. The molecule has 0 aliphatic carbocycles. The molecular weight excluding hydrogens is 150 g/mol. The number of aryl methyl sites for hydroxylation is 1. The van der Waals surface area contributed by atoms with Crippen molar-refractivity contribution in [2.24, 2.45) is 18.7 Å². The molecule has 1 heterocycles. The maximum Gasteiger partial charge on any atom is 0.108 e. The van der Waals surface area contributed by atoms with Crippen LogP contribution in [0.5, 0.6) is 0 Å². The molecule has 0 bridgehead atoms. The standard InChI is InChI=1S/C9H17N3/c1-7(8(2)10)6-9-11-4-5-12(9)3/h4-5,7-8H,6,10H2,1-3H3. The van der Waals surface area contributed by atoms with Crippen molar-refractivity contribution in [2.75, 3.05) is 0 Å². The molecule has 2 N–H and O–H groups in total. The van der Waals surface area contributed by atoms with Crippen molar-refractivity contribution >= 4 is 0 Å². The lowest BCUT2D eigenvalue weighted by Gasteiger charge is -2.14. The molecule has 0 aliphatic rings. The van der Waals surface area contributed by atoms with Gasteiger partial charge in [0.2, 0.25) is 0 Å². The van der Waals surface area contributed by atoms with E-state index in [4.69, 9.17) is 5.73 Å². The van der Waals surface area contributed by atoms with Crippen LogP contribution >= 0.6 is 0 Å². The van der Waals surface area contributed by atoms with Gasteiger partial charge in [0.15, 0.2) is 0 Å². The fraction of sp³-hybridized carbons (Fsp3) is 0.667. The molecule has 12 heavy (non-hydrogen) atoms. The van der Waals surface area contributed by atoms with Gasteiger partial charge >= 0.3 is 0 Å². The van der Waals surface area contributed by atoms with Crippen LogP contribution in [0.1, 0.15) is 19.7 Å². The zero-order chi connectivity index (χ0) is 9.14. The number of imidazole rings is 1. The van der Waals surface area contributed by atoms with Gasteiger partial charge in [0.25, 0.3) is 0 Å². The predicted molar refractivity (Wildman–Crippen MR) is 49.7 cm³/mol. The molecule has 0 amide bonds. The lowest BCUT2D eigenvalue weighted by Crippen LogP contribution is -2.26. The summed E-state index contributed by atoms with van der Waals surface area (Å²) >= 11 is 0. The van der Waals surface area contributed by atoms with Crippen LogP contribution in [0.3, 0.4) is 0 Å². The zero-order valence-electron chi connectivity index (χ0n) is 7.99. The molecule has 1 aromatic heterocycles. The molecule has 1 rings (SSSR count). The highest BCUT2D eigenvalue weighted by molar-refractivity contribution is 4.93. The first kappa shape index (κ1) is 9.26. The lowest BCUT2D eigenvalue weighted by atomic mass is 10.0. The van der Waals surface area contributed by atoms with Gasteiger partial charge in [-0.1, -0.05) is 6.92 Å². The quantitative estimate of drug-likeness (QED) is 0.728. The maximum absolute atomic E-state index is 5.77. The van der Waals surface area contributed by atoms with E-state index in [1.54, 1.807) is 0 Å². The summed E-state index contributed by atoms with van der Waals surface area (Å²) in [5.41, 5.74) is 5.77. The van der Waals surface area contributed by atoms with Crippen molar-refractivity contribution in [2.45, 2.75) is 26.3 Å². The van der Waals surface area contributed by atoms with Crippen molar-refractivity contribution in [3.63, 3.8) is 0 Å². The second-order valence-electron chi connectivity index (χ2n) is 3.49. The number of hydrogen-bond acceptors (Lipinski definition) is 2. The van der Waals surface area contributed by atoms with Crippen LogP contribution in [0.2, 0.25) is 0 Å². The molecule has 0 radical (unpaired) electrons. The smallest absolute Gasteiger partial charge is 0.108 e. The molecule has 0 aromatic carbocycles. The van der Waals surface area contributed by atoms with E-state index in [0.717, 1.165) is 12.2 Å². The summed E-state index contributed by atoms with van der Waals surface area (Å²) in [7, 11) is 2.01. The fourth-order valence-electron chi connectivity index (χ4n) is 1.07.